The van der Waals surface area contributed by atoms with Gasteiger partial charge < -0.3 is 24.3 Å². The lowest BCUT2D eigenvalue weighted by Crippen LogP contribution is -2.43. The van der Waals surface area contributed by atoms with Gasteiger partial charge in [-0.25, -0.2) is 14.4 Å². The molecule has 5 rings (SSSR count). The van der Waals surface area contributed by atoms with Gasteiger partial charge in [0.25, 0.3) is 0 Å². The van der Waals surface area contributed by atoms with Gasteiger partial charge in [0, 0.05) is 22.9 Å². The van der Waals surface area contributed by atoms with E-state index in [1.165, 1.54) is 6.07 Å². The van der Waals surface area contributed by atoms with Crippen LogP contribution in [0.4, 0.5) is 4.79 Å². The Morgan fingerprint density at radius 1 is 0.950 bits per heavy atom. The summed E-state index contributed by atoms with van der Waals surface area (Å²) in [6, 6.07) is 22.6. The van der Waals surface area contributed by atoms with Crippen LogP contribution < -0.4 is 5.32 Å². The lowest BCUT2D eigenvalue weighted by atomic mass is 9.98. The highest BCUT2D eigenvalue weighted by Crippen LogP contribution is 2.44. The third-order valence-electron chi connectivity index (χ3n) is 6.76. The van der Waals surface area contributed by atoms with E-state index in [1.807, 2.05) is 48.5 Å². The molecule has 1 heterocycles. The average molecular weight is 560 g/mol. The first-order valence-corrected chi connectivity index (χ1v) is 13.1. The van der Waals surface area contributed by atoms with E-state index in [0.29, 0.717) is 16.3 Å². The summed E-state index contributed by atoms with van der Waals surface area (Å²) in [5.41, 5.74) is 4.95. The highest BCUT2D eigenvalue weighted by atomic mass is 35.5. The molecule has 3 aromatic carbocycles. The maximum absolute atomic E-state index is 12.8. The number of halogens is 1. The van der Waals surface area contributed by atoms with E-state index in [4.69, 9.17) is 25.5 Å². The summed E-state index contributed by atoms with van der Waals surface area (Å²) in [5, 5.41) is 12.8. The molecule has 1 atom stereocenters. The van der Waals surface area contributed by atoms with Crippen LogP contribution in [0.1, 0.15) is 40.1 Å². The van der Waals surface area contributed by atoms with Gasteiger partial charge in [-0.3, -0.25) is 0 Å². The molecule has 1 aliphatic rings. The fourth-order valence-electron chi connectivity index (χ4n) is 4.89. The van der Waals surface area contributed by atoms with E-state index in [2.05, 4.69) is 5.32 Å². The molecule has 0 spiro atoms. The molecule has 204 valence electrons. The number of benzene rings is 3. The molecule has 40 heavy (non-hydrogen) atoms. The number of amides is 1. The largest absolute Gasteiger partial charge is 0.480 e. The van der Waals surface area contributed by atoms with Crippen molar-refractivity contribution in [2.75, 3.05) is 13.2 Å². The number of rotatable bonds is 9. The van der Waals surface area contributed by atoms with Crippen molar-refractivity contribution in [1.29, 1.82) is 0 Å². The first-order valence-electron chi connectivity index (χ1n) is 12.8. The van der Waals surface area contributed by atoms with Crippen molar-refractivity contribution in [1.82, 2.24) is 5.32 Å². The molecule has 0 saturated heterocycles. The smallest absolute Gasteiger partial charge is 0.407 e. The van der Waals surface area contributed by atoms with Crippen LogP contribution in [0.3, 0.4) is 0 Å². The first kappa shape index (κ1) is 27.0. The van der Waals surface area contributed by atoms with E-state index in [9.17, 15) is 19.5 Å². The standard InChI is InChI=1S/C31H26ClNO7/c1-2-38-30(36)24-15-27(18-11-13-19(32)14-12-18)40-28(24)16-26(29(34)35)33-31(37)39-17-25-22-9-5-3-7-20(22)21-8-4-6-10-23(21)25/h3-15,25-26H,2,16-17H2,1H3,(H,33,37)(H,34,35). The SMILES string of the molecule is CCOC(=O)c1cc(-c2ccc(Cl)cc2)oc1CC(NC(=O)OCC1c2ccccc2-c2ccccc21)C(=O)O. The molecule has 1 aromatic heterocycles. The molecule has 1 unspecified atom stereocenters. The minimum Gasteiger partial charge on any atom is -0.480 e. The molecule has 4 aromatic rings. The maximum Gasteiger partial charge on any atom is 0.407 e. The van der Waals surface area contributed by atoms with Crippen molar-refractivity contribution in [3.05, 3.63) is 106 Å². The van der Waals surface area contributed by atoms with Gasteiger partial charge in [0.05, 0.1) is 6.61 Å². The van der Waals surface area contributed by atoms with Gasteiger partial charge >= 0.3 is 18.0 Å². The summed E-state index contributed by atoms with van der Waals surface area (Å²) in [6.07, 6.45) is -1.20. The Labute approximate surface area is 235 Å². The Balaban J connectivity index is 1.32. The van der Waals surface area contributed by atoms with Crippen molar-refractivity contribution in [3.63, 3.8) is 0 Å². The van der Waals surface area contributed by atoms with Crippen LogP contribution in [0.2, 0.25) is 5.02 Å². The van der Waals surface area contributed by atoms with E-state index >= 15 is 0 Å². The second-order valence-electron chi connectivity index (χ2n) is 9.24. The maximum atomic E-state index is 12.8. The van der Waals surface area contributed by atoms with Gasteiger partial charge in [0.2, 0.25) is 0 Å². The number of hydrogen-bond acceptors (Lipinski definition) is 6. The fraction of sp³-hybridized carbons (Fsp3) is 0.194. The molecule has 0 aliphatic heterocycles. The number of alkyl carbamates (subject to hydrolysis) is 1. The normalized spacial score (nSPS) is 12.8. The minimum atomic E-state index is -1.42. The third-order valence-corrected chi connectivity index (χ3v) is 7.01. The number of carbonyl (C=O) groups is 3. The second-order valence-corrected chi connectivity index (χ2v) is 9.68. The Morgan fingerprint density at radius 3 is 2.17 bits per heavy atom. The van der Waals surface area contributed by atoms with Gasteiger partial charge in [-0.05, 0) is 59.5 Å². The van der Waals surface area contributed by atoms with E-state index in [-0.39, 0.29) is 36.9 Å². The number of carboxylic acid groups (broad SMARTS) is 1. The highest BCUT2D eigenvalue weighted by Gasteiger charge is 2.31. The molecule has 9 heteroatoms. The average Bonchev–Trinajstić information content (AvgIpc) is 3.51. The van der Waals surface area contributed by atoms with Crippen LogP contribution in [0.5, 0.6) is 0 Å². The van der Waals surface area contributed by atoms with Crippen LogP contribution in [0.15, 0.2) is 83.3 Å². The van der Waals surface area contributed by atoms with Gasteiger partial charge in [0.15, 0.2) is 0 Å². The summed E-state index contributed by atoms with van der Waals surface area (Å²) >= 11 is 5.97. The van der Waals surface area contributed by atoms with Crippen molar-refractivity contribution < 1.29 is 33.4 Å². The molecule has 0 fully saturated rings. The number of aliphatic carboxylic acids is 1. The number of ether oxygens (including phenoxy) is 2. The van der Waals surface area contributed by atoms with Gasteiger partial charge in [-0.2, -0.15) is 0 Å². The van der Waals surface area contributed by atoms with Gasteiger partial charge in [-0.15, -0.1) is 0 Å². The van der Waals surface area contributed by atoms with Crippen molar-refractivity contribution in [3.8, 4) is 22.5 Å². The summed E-state index contributed by atoms with van der Waals surface area (Å²) in [4.78, 5) is 37.5. The number of esters is 1. The van der Waals surface area contributed by atoms with Crippen LogP contribution >= 0.6 is 11.6 Å². The van der Waals surface area contributed by atoms with Gasteiger partial charge in [0.1, 0.15) is 29.7 Å². The van der Waals surface area contributed by atoms with Crippen molar-refractivity contribution in [2.45, 2.75) is 25.3 Å². The molecule has 0 saturated carbocycles. The van der Waals surface area contributed by atoms with Crippen molar-refractivity contribution >= 4 is 29.6 Å². The molecular weight excluding hydrogens is 534 g/mol. The fourth-order valence-corrected chi connectivity index (χ4v) is 5.01. The Morgan fingerprint density at radius 2 is 1.57 bits per heavy atom. The molecular formula is C31H26ClNO7. The third kappa shape index (κ3) is 5.58. The molecule has 0 radical (unpaired) electrons. The van der Waals surface area contributed by atoms with Crippen LogP contribution in [0, 0.1) is 0 Å². The lowest BCUT2D eigenvalue weighted by Gasteiger charge is -2.17. The Hall–Kier alpha value is -4.56. The number of furan rings is 1. The lowest BCUT2D eigenvalue weighted by molar-refractivity contribution is -0.139. The van der Waals surface area contributed by atoms with Gasteiger partial charge in [-0.1, -0.05) is 60.1 Å². The number of fused-ring (bicyclic) bond motifs is 3. The van der Waals surface area contributed by atoms with Crippen LogP contribution in [0.25, 0.3) is 22.5 Å². The molecule has 1 aliphatic carbocycles. The highest BCUT2D eigenvalue weighted by molar-refractivity contribution is 6.30. The molecule has 2 N–H and O–H groups in total. The second kappa shape index (κ2) is 11.7. The summed E-state index contributed by atoms with van der Waals surface area (Å²) in [6.45, 7) is 1.82. The van der Waals surface area contributed by atoms with Crippen molar-refractivity contribution in [2.24, 2.45) is 0 Å². The number of nitrogens with one attached hydrogen (secondary N) is 1. The Kier molecular flexibility index (Phi) is 7.89. The number of hydrogen-bond donors (Lipinski definition) is 2. The van der Waals surface area contributed by atoms with E-state index in [0.717, 1.165) is 22.3 Å². The molecule has 8 nitrogen and oxygen atoms in total. The quantitative estimate of drug-likeness (QED) is 0.231. The zero-order valence-corrected chi connectivity index (χ0v) is 22.3. The van der Waals surface area contributed by atoms with Crippen LogP contribution in [-0.4, -0.2) is 42.4 Å². The summed E-state index contributed by atoms with van der Waals surface area (Å²) in [5.74, 6) is -1.75. The zero-order valence-electron chi connectivity index (χ0n) is 21.6. The monoisotopic (exact) mass is 559 g/mol. The first-order chi connectivity index (χ1) is 19.4. The molecule has 0 bridgehead atoms. The topological polar surface area (TPSA) is 115 Å². The zero-order chi connectivity index (χ0) is 28.2. The number of carbonyl (C=O) groups excluding carboxylic acids is 2. The van der Waals surface area contributed by atoms with E-state index in [1.54, 1.807) is 31.2 Å². The summed E-state index contributed by atoms with van der Waals surface area (Å²) < 4.78 is 16.5. The Bertz CT molecular complexity index is 1510. The molecule has 1 amide bonds. The minimum absolute atomic E-state index is 0.0295. The van der Waals surface area contributed by atoms with Crippen LogP contribution in [-0.2, 0) is 20.7 Å². The predicted molar refractivity (Wildman–Crippen MR) is 148 cm³/mol. The predicted octanol–water partition coefficient (Wildman–Crippen LogP) is 6.31. The van der Waals surface area contributed by atoms with E-state index < -0.39 is 24.1 Å². The number of carboxylic acids is 1. The summed E-state index contributed by atoms with van der Waals surface area (Å²) in [7, 11) is 0.